The lowest BCUT2D eigenvalue weighted by molar-refractivity contribution is -0.128. The van der Waals surface area contributed by atoms with E-state index in [0.717, 1.165) is 11.3 Å². The number of aryl methyl sites for hydroxylation is 1. The summed E-state index contributed by atoms with van der Waals surface area (Å²) in [6, 6.07) is 10.7. The molecule has 0 aliphatic carbocycles. The second kappa shape index (κ2) is 8.26. The maximum absolute atomic E-state index is 11.8. The molecule has 0 radical (unpaired) electrons. The van der Waals surface area contributed by atoms with Crippen LogP contribution in [-0.2, 0) is 11.2 Å². The number of carbonyl (C=O) groups is 2. The maximum Gasteiger partial charge on any atom is 0.293 e. The number of amides is 2. The van der Waals surface area contributed by atoms with Crippen LogP contribution in [0.25, 0.3) is 0 Å². The summed E-state index contributed by atoms with van der Waals surface area (Å²) >= 11 is 5.10. The average molecular weight is 345 g/mol. The van der Waals surface area contributed by atoms with Crippen molar-refractivity contribution < 1.29 is 14.0 Å². The number of rotatable bonds is 5. The monoisotopic (exact) mass is 345 g/mol. The lowest BCUT2D eigenvalue weighted by Crippen LogP contribution is -2.33. The van der Waals surface area contributed by atoms with Crippen molar-refractivity contribution in [3.05, 3.63) is 54.0 Å². The van der Waals surface area contributed by atoms with Crippen LogP contribution in [0.2, 0.25) is 0 Å². The number of benzene rings is 1. The van der Waals surface area contributed by atoms with E-state index in [0.29, 0.717) is 12.8 Å². The molecule has 0 atom stereocenters. The van der Waals surface area contributed by atoms with Gasteiger partial charge in [0.15, 0.2) is 10.9 Å². The molecule has 24 heavy (non-hydrogen) atoms. The van der Waals surface area contributed by atoms with E-state index in [-0.39, 0.29) is 16.8 Å². The largest absolute Gasteiger partial charge is 0.459 e. The summed E-state index contributed by atoms with van der Waals surface area (Å²) < 4.78 is 4.99. The van der Waals surface area contributed by atoms with Crippen LogP contribution in [-0.4, -0.2) is 35.9 Å². The fourth-order valence-corrected chi connectivity index (χ4v) is 2.17. The van der Waals surface area contributed by atoms with Crippen LogP contribution in [0.1, 0.15) is 22.5 Å². The van der Waals surface area contributed by atoms with Gasteiger partial charge in [0.05, 0.1) is 6.26 Å². The highest BCUT2D eigenvalue weighted by Gasteiger charge is 2.10. The molecule has 0 spiro atoms. The predicted molar refractivity (Wildman–Crippen MR) is 95.9 cm³/mol. The zero-order valence-corrected chi connectivity index (χ0v) is 14.4. The van der Waals surface area contributed by atoms with Gasteiger partial charge in [0, 0.05) is 26.2 Å². The highest BCUT2D eigenvalue weighted by molar-refractivity contribution is 7.80. The third-order valence-electron chi connectivity index (χ3n) is 3.31. The summed E-state index contributed by atoms with van der Waals surface area (Å²) in [5.74, 6) is -0.115. The lowest BCUT2D eigenvalue weighted by Gasteiger charge is -2.11. The first-order valence-electron chi connectivity index (χ1n) is 7.40. The number of hydrogen-bond acceptors (Lipinski definition) is 4. The average Bonchev–Trinajstić information content (AvgIpc) is 3.08. The minimum atomic E-state index is -0.406. The Balaban J connectivity index is 1.83. The highest BCUT2D eigenvalue weighted by Crippen LogP contribution is 2.11. The van der Waals surface area contributed by atoms with E-state index in [9.17, 15) is 9.59 Å². The van der Waals surface area contributed by atoms with Crippen LogP contribution in [0.15, 0.2) is 47.1 Å². The third kappa shape index (κ3) is 5.20. The molecular formula is C17H19N3O3S. The first-order valence-corrected chi connectivity index (χ1v) is 7.81. The van der Waals surface area contributed by atoms with Crippen molar-refractivity contribution >= 4 is 34.8 Å². The summed E-state index contributed by atoms with van der Waals surface area (Å²) in [6.45, 7) is 0. The molecule has 2 rings (SSSR count). The Morgan fingerprint density at radius 3 is 2.46 bits per heavy atom. The van der Waals surface area contributed by atoms with Gasteiger partial charge in [0.25, 0.3) is 5.91 Å². The molecule has 1 heterocycles. The van der Waals surface area contributed by atoms with Crippen molar-refractivity contribution in [2.75, 3.05) is 19.4 Å². The number of anilines is 1. The molecule has 2 N–H and O–H groups in total. The summed E-state index contributed by atoms with van der Waals surface area (Å²) in [5.41, 5.74) is 1.81. The zero-order valence-electron chi connectivity index (χ0n) is 13.5. The molecule has 6 nitrogen and oxygen atoms in total. The van der Waals surface area contributed by atoms with Crippen molar-refractivity contribution in [3.63, 3.8) is 0 Å². The molecule has 0 unspecified atom stereocenters. The second-order valence-electron chi connectivity index (χ2n) is 5.37. The van der Waals surface area contributed by atoms with E-state index in [4.69, 9.17) is 16.6 Å². The molecule has 0 aliphatic heterocycles. The number of carbonyl (C=O) groups excluding carboxylic acids is 2. The maximum atomic E-state index is 11.8. The topological polar surface area (TPSA) is 74.6 Å². The van der Waals surface area contributed by atoms with Crippen LogP contribution in [0.5, 0.6) is 0 Å². The summed E-state index contributed by atoms with van der Waals surface area (Å²) in [4.78, 5) is 25.0. The number of nitrogens with one attached hydrogen (secondary N) is 2. The molecule has 7 heteroatoms. The minimum absolute atomic E-state index is 0.0963. The van der Waals surface area contributed by atoms with Crippen molar-refractivity contribution in [3.8, 4) is 0 Å². The van der Waals surface area contributed by atoms with Gasteiger partial charge in [0.1, 0.15) is 0 Å². The van der Waals surface area contributed by atoms with Crippen LogP contribution < -0.4 is 10.6 Å². The van der Waals surface area contributed by atoms with Crippen molar-refractivity contribution in [1.82, 2.24) is 10.2 Å². The Morgan fingerprint density at radius 1 is 1.17 bits per heavy atom. The summed E-state index contributed by atoms with van der Waals surface area (Å²) in [5, 5.41) is 5.65. The van der Waals surface area contributed by atoms with E-state index in [1.807, 2.05) is 24.3 Å². The first kappa shape index (κ1) is 17.7. The molecule has 0 aliphatic rings. The molecule has 0 saturated heterocycles. The SMILES string of the molecule is CN(C)C(=O)CCc1ccc(NC(=S)NC(=O)c2ccco2)cc1. The van der Waals surface area contributed by atoms with Crippen LogP contribution in [0.3, 0.4) is 0 Å². The van der Waals surface area contributed by atoms with Gasteiger partial charge in [-0.25, -0.2) is 0 Å². The predicted octanol–water partition coefficient (Wildman–Crippen LogP) is 2.43. The quantitative estimate of drug-likeness (QED) is 0.814. The van der Waals surface area contributed by atoms with Crippen LogP contribution >= 0.6 is 12.2 Å². The normalized spacial score (nSPS) is 10.1. The fraction of sp³-hybridized carbons (Fsp3) is 0.235. The van der Waals surface area contributed by atoms with Gasteiger partial charge in [-0.1, -0.05) is 12.1 Å². The Labute approximate surface area is 145 Å². The Kier molecular flexibility index (Phi) is 6.08. The molecule has 126 valence electrons. The molecule has 0 bridgehead atoms. The van der Waals surface area contributed by atoms with Gasteiger partial charge in [-0.2, -0.15) is 0 Å². The van der Waals surface area contributed by atoms with Gasteiger partial charge >= 0.3 is 0 Å². The molecule has 0 saturated carbocycles. The number of thiocarbonyl (C=S) groups is 1. The number of hydrogen-bond donors (Lipinski definition) is 2. The second-order valence-corrected chi connectivity index (χ2v) is 5.78. The van der Waals surface area contributed by atoms with Gasteiger partial charge in [-0.15, -0.1) is 0 Å². The van der Waals surface area contributed by atoms with Gasteiger partial charge in [0.2, 0.25) is 5.91 Å². The molecule has 2 amide bonds. The van der Waals surface area contributed by atoms with Crippen molar-refractivity contribution in [1.29, 1.82) is 0 Å². The molecule has 0 fully saturated rings. The zero-order chi connectivity index (χ0) is 17.5. The van der Waals surface area contributed by atoms with Crippen LogP contribution in [0, 0.1) is 0 Å². The summed E-state index contributed by atoms with van der Waals surface area (Å²) in [7, 11) is 3.49. The van der Waals surface area contributed by atoms with Gasteiger partial charge in [-0.05, 0) is 48.5 Å². The first-order chi connectivity index (χ1) is 11.5. The standard InChI is InChI=1S/C17H19N3O3S/c1-20(2)15(21)10-7-12-5-8-13(9-6-12)18-17(24)19-16(22)14-4-3-11-23-14/h3-6,8-9,11H,7,10H2,1-2H3,(H2,18,19,22,24). The van der Waals surface area contributed by atoms with Crippen LogP contribution in [0.4, 0.5) is 5.69 Å². The molecule has 1 aromatic heterocycles. The van der Waals surface area contributed by atoms with E-state index in [2.05, 4.69) is 10.6 Å². The summed E-state index contributed by atoms with van der Waals surface area (Å²) in [6.07, 6.45) is 2.57. The smallest absolute Gasteiger partial charge is 0.293 e. The lowest BCUT2D eigenvalue weighted by atomic mass is 10.1. The van der Waals surface area contributed by atoms with E-state index in [1.165, 1.54) is 6.26 Å². The Hall–Kier alpha value is -2.67. The van der Waals surface area contributed by atoms with Gasteiger partial charge < -0.3 is 14.6 Å². The van der Waals surface area contributed by atoms with Crippen molar-refractivity contribution in [2.45, 2.75) is 12.8 Å². The van der Waals surface area contributed by atoms with Crippen molar-refractivity contribution in [2.24, 2.45) is 0 Å². The molecular weight excluding hydrogens is 326 g/mol. The molecule has 2 aromatic rings. The Morgan fingerprint density at radius 2 is 1.88 bits per heavy atom. The minimum Gasteiger partial charge on any atom is -0.459 e. The highest BCUT2D eigenvalue weighted by atomic mass is 32.1. The Bertz CT molecular complexity index is 709. The third-order valence-corrected chi connectivity index (χ3v) is 3.51. The van der Waals surface area contributed by atoms with E-state index < -0.39 is 5.91 Å². The number of furan rings is 1. The van der Waals surface area contributed by atoms with E-state index >= 15 is 0 Å². The van der Waals surface area contributed by atoms with E-state index in [1.54, 1.807) is 31.1 Å². The molecule has 1 aromatic carbocycles. The van der Waals surface area contributed by atoms with Gasteiger partial charge in [-0.3, -0.25) is 14.9 Å². The fourth-order valence-electron chi connectivity index (χ4n) is 1.96. The number of nitrogens with zero attached hydrogens (tertiary/aromatic N) is 1.